The third-order valence-electron chi connectivity index (χ3n) is 5.04. The molecular weight excluding hydrogens is 346 g/mol. The molecule has 3 heterocycles. The Kier molecular flexibility index (Phi) is 4.34. The van der Waals surface area contributed by atoms with Crippen LogP contribution in [0.15, 0.2) is 35.3 Å². The molecule has 0 radical (unpaired) electrons. The van der Waals surface area contributed by atoms with Crippen LogP contribution in [0.3, 0.4) is 0 Å². The number of nitrogens with zero attached hydrogens (tertiary/aromatic N) is 3. The molecule has 0 saturated carbocycles. The average Bonchev–Trinajstić information content (AvgIpc) is 2.96. The van der Waals surface area contributed by atoms with Gasteiger partial charge in [0.25, 0.3) is 5.56 Å². The van der Waals surface area contributed by atoms with Gasteiger partial charge in [0, 0.05) is 43.0 Å². The largest absolute Gasteiger partial charge is 0.335 e. The van der Waals surface area contributed by atoms with Gasteiger partial charge >= 0.3 is 0 Å². The summed E-state index contributed by atoms with van der Waals surface area (Å²) in [7, 11) is 0. The molecule has 7 heteroatoms. The Balaban J connectivity index is 1.59. The van der Waals surface area contributed by atoms with Crippen LogP contribution in [0.5, 0.6) is 0 Å². The molecule has 2 aromatic heterocycles. The van der Waals surface area contributed by atoms with Gasteiger partial charge in [-0.2, -0.15) is 5.10 Å². The molecule has 0 unspecified atom stereocenters. The minimum Gasteiger partial charge on any atom is -0.335 e. The van der Waals surface area contributed by atoms with Crippen LogP contribution in [-0.4, -0.2) is 31.2 Å². The normalized spacial score (nSPS) is 14.4. The van der Waals surface area contributed by atoms with E-state index in [1.165, 1.54) is 11.1 Å². The summed E-state index contributed by atoms with van der Waals surface area (Å²) in [5.41, 5.74) is 6.27. The quantitative estimate of drug-likeness (QED) is 0.699. The summed E-state index contributed by atoms with van der Waals surface area (Å²) >= 11 is 5.06. The van der Waals surface area contributed by atoms with Gasteiger partial charge in [-0.3, -0.25) is 14.7 Å². The topological polar surface area (TPSA) is 69.7 Å². The molecule has 0 fully saturated rings. The van der Waals surface area contributed by atoms with E-state index >= 15 is 0 Å². The first-order chi connectivity index (χ1) is 12.5. The first-order valence-electron chi connectivity index (χ1n) is 8.69. The van der Waals surface area contributed by atoms with E-state index < -0.39 is 0 Å². The van der Waals surface area contributed by atoms with Crippen molar-refractivity contribution < 1.29 is 0 Å². The van der Waals surface area contributed by atoms with E-state index in [0.29, 0.717) is 11.3 Å². The van der Waals surface area contributed by atoms with E-state index in [2.05, 4.69) is 45.9 Å². The summed E-state index contributed by atoms with van der Waals surface area (Å²) in [6, 6.07) is 8.24. The lowest BCUT2D eigenvalue weighted by Gasteiger charge is -2.27. The van der Waals surface area contributed by atoms with E-state index in [9.17, 15) is 4.79 Å². The zero-order chi connectivity index (χ0) is 18.3. The zero-order valence-corrected chi connectivity index (χ0v) is 15.7. The predicted molar refractivity (Wildman–Crippen MR) is 103 cm³/mol. The van der Waals surface area contributed by atoms with Crippen LogP contribution in [0.4, 0.5) is 0 Å². The third kappa shape index (κ3) is 3.04. The molecule has 1 aliphatic heterocycles. The summed E-state index contributed by atoms with van der Waals surface area (Å²) in [6.45, 7) is 6.46. The van der Waals surface area contributed by atoms with Crippen molar-refractivity contribution in [3.63, 3.8) is 0 Å². The number of para-hydroxylation sites is 1. The Hall–Kier alpha value is -2.51. The van der Waals surface area contributed by atoms with Crippen LogP contribution in [0.25, 0.3) is 5.69 Å². The Labute approximate surface area is 156 Å². The van der Waals surface area contributed by atoms with Crippen molar-refractivity contribution in [1.82, 2.24) is 24.6 Å². The fraction of sp³-hybridized carbons (Fsp3) is 0.316. The van der Waals surface area contributed by atoms with Gasteiger partial charge in [0.1, 0.15) is 0 Å². The van der Waals surface area contributed by atoms with Gasteiger partial charge < -0.3 is 4.98 Å². The Morgan fingerprint density at radius 3 is 2.85 bits per heavy atom. The fourth-order valence-corrected chi connectivity index (χ4v) is 3.75. The van der Waals surface area contributed by atoms with Crippen LogP contribution in [0.1, 0.15) is 28.1 Å². The molecule has 26 heavy (non-hydrogen) atoms. The first kappa shape index (κ1) is 16.9. The lowest BCUT2D eigenvalue weighted by molar-refractivity contribution is 0.241. The van der Waals surface area contributed by atoms with Crippen LogP contribution >= 0.6 is 12.2 Å². The second-order valence-electron chi connectivity index (χ2n) is 6.78. The molecule has 0 amide bonds. The number of fused-ring (bicyclic) bond motifs is 1. The molecule has 0 aliphatic carbocycles. The van der Waals surface area contributed by atoms with Crippen LogP contribution < -0.4 is 5.56 Å². The summed E-state index contributed by atoms with van der Waals surface area (Å²) < 4.78 is 2.39. The van der Waals surface area contributed by atoms with Gasteiger partial charge in [-0.15, -0.1) is 0 Å². The second kappa shape index (κ2) is 6.66. The van der Waals surface area contributed by atoms with Crippen molar-refractivity contribution in [2.45, 2.75) is 33.4 Å². The monoisotopic (exact) mass is 367 g/mol. The summed E-state index contributed by atoms with van der Waals surface area (Å²) in [5, 5.41) is 4.59. The van der Waals surface area contributed by atoms with Gasteiger partial charge in [0.05, 0.1) is 17.4 Å². The van der Waals surface area contributed by atoms with Crippen LogP contribution in [0, 0.1) is 18.6 Å². The number of hydrogen-bond donors (Lipinski definition) is 2. The molecule has 0 spiro atoms. The zero-order valence-electron chi connectivity index (χ0n) is 14.9. The molecule has 0 saturated heterocycles. The number of H-pyrrole nitrogens is 2. The molecule has 0 atom stereocenters. The summed E-state index contributed by atoms with van der Waals surface area (Å²) in [4.78, 5) is 20.3. The SMILES string of the molecule is Cc1ccccc1-n1ncc(CN2CCc3[nH]c(=S)[nH]c(=O)c3C2)c1C. The number of benzene rings is 1. The van der Waals surface area contributed by atoms with Crippen molar-refractivity contribution in [3.05, 3.63) is 73.7 Å². The lowest BCUT2D eigenvalue weighted by Crippen LogP contribution is -2.35. The molecule has 134 valence electrons. The third-order valence-corrected chi connectivity index (χ3v) is 5.24. The van der Waals surface area contributed by atoms with E-state index in [4.69, 9.17) is 12.2 Å². The maximum atomic E-state index is 12.2. The number of aryl methyl sites for hydroxylation is 1. The maximum absolute atomic E-state index is 12.2. The second-order valence-corrected chi connectivity index (χ2v) is 7.19. The van der Waals surface area contributed by atoms with E-state index in [1.54, 1.807) is 0 Å². The summed E-state index contributed by atoms with van der Waals surface area (Å²) in [5.74, 6) is 0. The minimum atomic E-state index is -0.0826. The lowest BCUT2D eigenvalue weighted by atomic mass is 10.1. The average molecular weight is 367 g/mol. The fourth-order valence-electron chi connectivity index (χ4n) is 3.53. The van der Waals surface area contributed by atoms with Crippen LogP contribution in [0.2, 0.25) is 0 Å². The van der Waals surface area contributed by atoms with Gasteiger partial charge in [-0.1, -0.05) is 18.2 Å². The predicted octanol–water partition coefficient (Wildman–Crippen LogP) is 2.79. The molecule has 0 bridgehead atoms. The number of hydrogen-bond acceptors (Lipinski definition) is 4. The van der Waals surface area contributed by atoms with Crippen LogP contribution in [-0.2, 0) is 19.5 Å². The highest BCUT2D eigenvalue weighted by molar-refractivity contribution is 7.71. The van der Waals surface area contributed by atoms with E-state index in [0.717, 1.165) is 42.1 Å². The van der Waals surface area contributed by atoms with Crippen molar-refractivity contribution in [2.75, 3.05) is 6.54 Å². The highest BCUT2D eigenvalue weighted by Gasteiger charge is 2.21. The standard InChI is InChI=1S/C19H21N5OS/c1-12-5-3-4-6-17(12)24-13(2)14(9-20-24)10-23-8-7-16-15(11-23)18(25)22-19(26)21-16/h3-6,9H,7-8,10-11H2,1-2H3,(H2,21,22,25,26). The Morgan fingerprint density at radius 1 is 1.23 bits per heavy atom. The minimum absolute atomic E-state index is 0.0826. The smallest absolute Gasteiger partial charge is 0.256 e. The molecule has 6 nitrogen and oxygen atoms in total. The molecule has 2 N–H and O–H groups in total. The van der Waals surface area contributed by atoms with Crippen molar-refractivity contribution >= 4 is 12.2 Å². The highest BCUT2D eigenvalue weighted by Crippen LogP contribution is 2.21. The van der Waals surface area contributed by atoms with E-state index in [1.807, 2.05) is 23.0 Å². The number of aromatic amines is 2. The van der Waals surface area contributed by atoms with Gasteiger partial charge in [-0.25, -0.2) is 4.68 Å². The Bertz CT molecular complexity index is 1080. The van der Waals surface area contributed by atoms with Crippen molar-refractivity contribution in [2.24, 2.45) is 0 Å². The van der Waals surface area contributed by atoms with Gasteiger partial charge in [0.15, 0.2) is 4.77 Å². The van der Waals surface area contributed by atoms with Crippen molar-refractivity contribution in [3.8, 4) is 5.69 Å². The maximum Gasteiger partial charge on any atom is 0.256 e. The number of aromatic nitrogens is 4. The Morgan fingerprint density at radius 2 is 2.04 bits per heavy atom. The van der Waals surface area contributed by atoms with E-state index in [-0.39, 0.29) is 5.56 Å². The highest BCUT2D eigenvalue weighted by atomic mass is 32.1. The molecular formula is C19H21N5OS. The molecule has 3 aromatic rings. The molecule has 1 aromatic carbocycles. The molecule has 1 aliphatic rings. The molecule has 4 rings (SSSR count). The van der Waals surface area contributed by atoms with Gasteiger partial charge in [0.2, 0.25) is 0 Å². The number of nitrogens with one attached hydrogen (secondary N) is 2. The first-order valence-corrected chi connectivity index (χ1v) is 9.10. The van der Waals surface area contributed by atoms with Crippen molar-refractivity contribution in [1.29, 1.82) is 0 Å². The van der Waals surface area contributed by atoms with Gasteiger partial charge in [-0.05, 0) is 37.7 Å². The summed E-state index contributed by atoms with van der Waals surface area (Å²) in [6.07, 6.45) is 2.73. The number of rotatable bonds is 3.